The van der Waals surface area contributed by atoms with Crippen LogP contribution in [0.2, 0.25) is 0 Å². The normalized spacial score (nSPS) is 10.7. The lowest BCUT2D eigenvalue weighted by atomic mass is 10.0. The number of esters is 1. The highest BCUT2D eigenvalue weighted by Gasteiger charge is 2.01. The first-order valence-corrected chi connectivity index (χ1v) is 10.4. The second-order valence-electron chi connectivity index (χ2n) is 6.88. The summed E-state index contributed by atoms with van der Waals surface area (Å²) < 4.78 is 4.93. The molecule has 0 atom stereocenters. The molecule has 0 unspecified atom stereocenters. The maximum Gasteiger partial charge on any atom is 0.305 e. The van der Waals surface area contributed by atoms with Gasteiger partial charge in [0, 0.05) is 12.8 Å². The number of rotatable bonds is 19. The van der Waals surface area contributed by atoms with Crippen molar-refractivity contribution in [2.75, 3.05) is 6.61 Å². The Bertz CT molecular complexity index is 276. The molecule has 0 aromatic heterocycles. The van der Waals surface area contributed by atoms with Crippen molar-refractivity contribution in [3.05, 3.63) is 0 Å². The molecule has 0 aliphatic heterocycles. The molecule has 3 nitrogen and oxygen atoms in total. The zero-order chi connectivity index (χ0) is 17.7. The van der Waals surface area contributed by atoms with Crippen LogP contribution in [0.4, 0.5) is 0 Å². The standard InChI is InChI=1S/C21H40O3/c1-2-3-4-5-6-7-8-9-10-11-12-13-14-15-16-18-21(23)24-20-17-19-22/h19H,2-18,20H2,1H3. The molecular formula is C21H40O3. The van der Waals surface area contributed by atoms with E-state index in [1.165, 1.54) is 83.5 Å². The van der Waals surface area contributed by atoms with Crippen LogP contribution < -0.4 is 0 Å². The predicted octanol–water partition coefficient (Wildman–Crippen LogP) is 6.38. The van der Waals surface area contributed by atoms with Gasteiger partial charge in [-0.15, -0.1) is 0 Å². The molecule has 0 rings (SSSR count). The van der Waals surface area contributed by atoms with Gasteiger partial charge < -0.3 is 9.53 Å². The average Bonchev–Trinajstić information content (AvgIpc) is 2.58. The Hall–Kier alpha value is -0.860. The minimum atomic E-state index is -0.161. The summed E-state index contributed by atoms with van der Waals surface area (Å²) in [5.41, 5.74) is 0. The fourth-order valence-electron chi connectivity index (χ4n) is 2.93. The van der Waals surface area contributed by atoms with Crippen LogP contribution in [-0.2, 0) is 14.3 Å². The van der Waals surface area contributed by atoms with E-state index < -0.39 is 0 Å². The summed E-state index contributed by atoms with van der Waals surface area (Å²) in [6, 6.07) is 0. The van der Waals surface area contributed by atoms with Crippen LogP contribution in [0.1, 0.15) is 116 Å². The molecule has 0 spiro atoms. The van der Waals surface area contributed by atoms with Crippen LogP contribution in [0.3, 0.4) is 0 Å². The van der Waals surface area contributed by atoms with Gasteiger partial charge in [-0.05, 0) is 6.42 Å². The molecule has 0 radical (unpaired) electrons. The Morgan fingerprint density at radius 2 is 1.12 bits per heavy atom. The Morgan fingerprint density at radius 1 is 0.708 bits per heavy atom. The Kier molecular flexibility index (Phi) is 19.5. The number of carbonyl (C=O) groups excluding carboxylic acids is 2. The second kappa shape index (κ2) is 20.2. The van der Waals surface area contributed by atoms with Crippen LogP contribution in [-0.4, -0.2) is 18.9 Å². The molecule has 24 heavy (non-hydrogen) atoms. The lowest BCUT2D eigenvalue weighted by molar-refractivity contribution is -0.144. The number of carbonyl (C=O) groups is 2. The van der Waals surface area contributed by atoms with Crippen molar-refractivity contribution < 1.29 is 14.3 Å². The van der Waals surface area contributed by atoms with Gasteiger partial charge in [0.1, 0.15) is 6.29 Å². The fourth-order valence-corrected chi connectivity index (χ4v) is 2.93. The number of hydrogen-bond donors (Lipinski definition) is 0. The van der Waals surface area contributed by atoms with Crippen molar-refractivity contribution in [1.29, 1.82) is 0 Å². The van der Waals surface area contributed by atoms with E-state index in [9.17, 15) is 9.59 Å². The summed E-state index contributed by atoms with van der Waals surface area (Å²) in [5.74, 6) is -0.161. The Morgan fingerprint density at radius 3 is 1.54 bits per heavy atom. The summed E-state index contributed by atoms with van der Waals surface area (Å²) in [6.45, 7) is 2.51. The highest BCUT2D eigenvalue weighted by atomic mass is 16.5. The quantitative estimate of drug-likeness (QED) is 0.156. The van der Waals surface area contributed by atoms with Crippen LogP contribution in [0.25, 0.3) is 0 Å². The largest absolute Gasteiger partial charge is 0.465 e. The van der Waals surface area contributed by atoms with Gasteiger partial charge >= 0.3 is 5.97 Å². The molecule has 0 aliphatic rings. The van der Waals surface area contributed by atoms with E-state index in [0.29, 0.717) is 12.8 Å². The van der Waals surface area contributed by atoms with Gasteiger partial charge in [0.05, 0.1) is 6.61 Å². The van der Waals surface area contributed by atoms with E-state index in [4.69, 9.17) is 4.74 Å². The zero-order valence-corrected chi connectivity index (χ0v) is 16.0. The molecule has 0 aromatic carbocycles. The molecule has 0 aliphatic carbocycles. The topological polar surface area (TPSA) is 43.4 Å². The van der Waals surface area contributed by atoms with Crippen LogP contribution in [0.15, 0.2) is 0 Å². The van der Waals surface area contributed by atoms with Crippen molar-refractivity contribution in [3.63, 3.8) is 0 Å². The first kappa shape index (κ1) is 23.1. The number of hydrogen-bond acceptors (Lipinski definition) is 3. The summed E-state index contributed by atoms with van der Waals surface area (Å²) in [5, 5.41) is 0. The molecule has 0 N–H and O–H groups in total. The van der Waals surface area contributed by atoms with E-state index >= 15 is 0 Å². The summed E-state index contributed by atoms with van der Waals surface area (Å²) in [4.78, 5) is 21.4. The minimum absolute atomic E-state index is 0.161. The van der Waals surface area contributed by atoms with E-state index in [-0.39, 0.29) is 12.6 Å². The molecule has 0 heterocycles. The molecule has 0 saturated heterocycles. The van der Waals surface area contributed by atoms with Gasteiger partial charge in [0.25, 0.3) is 0 Å². The van der Waals surface area contributed by atoms with Crippen LogP contribution in [0.5, 0.6) is 0 Å². The Balaban J connectivity index is 3.07. The van der Waals surface area contributed by atoms with Crippen molar-refractivity contribution in [1.82, 2.24) is 0 Å². The predicted molar refractivity (Wildman–Crippen MR) is 101 cm³/mol. The lowest BCUT2D eigenvalue weighted by Crippen LogP contribution is -2.05. The maximum atomic E-state index is 11.3. The first-order valence-electron chi connectivity index (χ1n) is 10.4. The minimum Gasteiger partial charge on any atom is -0.465 e. The number of aldehydes is 1. The van der Waals surface area contributed by atoms with Crippen molar-refractivity contribution >= 4 is 12.3 Å². The van der Waals surface area contributed by atoms with E-state index in [1.54, 1.807) is 0 Å². The zero-order valence-electron chi connectivity index (χ0n) is 16.0. The van der Waals surface area contributed by atoms with E-state index in [1.807, 2.05) is 0 Å². The smallest absolute Gasteiger partial charge is 0.305 e. The highest BCUT2D eigenvalue weighted by molar-refractivity contribution is 5.69. The third-order valence-electron chi connectivity index (χ3n) is 4.48. The molecule has 0 amide bonds. The van der Waals surface area contributed by atoms with Crippen molar-refractivity contribution in [3.8, 4) is 0 Å². The Labute approximate surface area is 149 Å². The highest BCUT2D eigenvalue weighted by Crippen LogP contribution is 2.13. The summed E-state index contributed by atoms with van der Waals surface area (Å²) in [6.07, 6.45) is 21.5. The number of ether oxygens (including phenoxy) is 1. The first-order chi connectivity index (χ1) is 11.8. The summed E-state index contributed by atoms with van der Waals surface area (Å²) >= 11 is 0. The molecule has 3 heteroatoms. The number of unbranched alkanes of at least 4 members (excludes halogenated alkanes) is 14. The van der Waals surface area contributed by atoms with Gasteiger partial charge in [0.2, 0.25) is 0 Å². The fraction of sp³-hybridized carbons (Fsp3) is 0.905. The SMILES string of the molecule is CCCCCCCCCCCCCCCCCC(=O)OCCC=O. The van der Waals surface area contributed by atoms with Gasteiger partial charge in [-0.1, -0.05) is 96.8 Å². The molecular weight excluding hydrogens is 300 g/mol. The molecule has 142 valence electrons. The van der Waals surface area contributed by atoms with Crippen LogP contribution >= 0.6 is 0 Å². The van der Waals surface area contributed by atoms with E-state index in [0.717, 1.165) is 19.1 Å². The molecule has 0 saturated carbocycles. The van der Waals surface area contributed by atoms with E-state index in [2.05, 4.69) is 6.92 Å². The van der Waals surface area contributed by atoms with Gasteiger partial charge in [-0.2, -0.15) is 0 Å². The average molecular weight is 341 g/mol. The molecule has 0 bridgehead atoms. The summed E-state index contributed by atoms with van der Waals surface area (Å²) in [7, 11) is 0. The molecule has 0 aromatic rings. The van der Waals surface area contributed by atoms with Crippen LogP contribution in [0, 0.1) is 0 Å². The van der Waals surface area contributed by atoms with Gasteiger partial charge in [0.15, 0.2) is 0 Å². The van der Waals surface area contributed by atoms with Gasteiger partial charge in [-0.25, -0.2) is 0 Å². The lowest BCUT2D eigenvalue weighted by Gasteiger charge is -2.04. The molecule has 0 fully saturated rings. The van der Waals surface area contributed by atoms with Crippen molar-refractivity contribution in [2.45, 2.75) is 116 Å². The maximum absolute atomic E-state index is 11.3. The third-order valence-corrected chi connectivity index (χ3v) is 4.48. The van der Waals surface area contributed by atoms with Gasteiger partial charge in [-0.3, -0.25) is 4.79 Å². The van der Waals surface area contributed by atoms with Crippen molar-refractivity contribution in [2.24, 2.45) is 0 Å². The monoisotopic (exact) mass is 340 g/mol. The second-order valence-corrected chi connectivity index (χ2v) is 6.88. The third kappa shape index (κ3) is 19.2.